The molecule has 2 rings (SSSR count). The lowest BCUT2D eigenvalue weighted by Crippen LogP contribution is -2.38. The average molecular weight is 269 g/mol. The van der Waals surface area contributed by atoms with Gasteiger partial charge in [-0.15, -0.1) is 0 Å². The molecule has 1 saturated heterocycles. The van der Waals surface area contributed by atoms with Gasteiger partial charge >= 0.3 is 0 Å². The fourth-order valence-corrected chi connectivity index (χ4v) is 3.26. The SMILES string of the molecule is NCc1ccc(CNS(=O)(=O)N2CCCC2)cc1. The van der Waals surface area contributed by atoms with Crippen molar-refractivity contribution in [2.75, 3.05) is 13.1 Å². The van der Waals surface area contributed by atoms with Gasteiger partial charge in [0.1, 0.15) is 0 Å². The standard InChI is InChI=1S/C12H19N3O2S/c13-9-11-3-5-12(6-4-11)10-14-18(16,17)15-7-1-2-8-15/h3-6,14H,1-2,7-10,13H2. The summed E-state index contributed by atoms with van der Waals surface area (Å²) in [5.74, 6) is 0. The normalized spacial score (nSPS) is 17.2. The van der Waals surface area contributed by atoms with Crippen molar-refractivity contribution in [2.24, 2.45) is 5.73 Å². The minimum Gasteiger partial charge on any atom is -0.326 e. The fraction of sp³-hybridized carbons (Fsp3) is 0.500. The van der Waals surface area contributed by atoms with E-state index in [1.54, 1.807) is 0 Å². The van der Waals surface area contributed by atoms with Crippen molar-refractivity contribution in [1.29, 1.82) is 0 Å². The third kappa shape index (κ3) is 3.29. The first-order valence-corrected chi connectivity index (χ1v) is 7.58. The molecule has 1 aliphatic rings. The molecule has 0 amide bonds. The quantitative estimate of drug-likeness (QED) is 0.821. The number of nitrogens with two attached hydrogens (primary N) is 1. The fourth-order valence-electron chi connectivity index (χ4n) is 1.99. The summed E-state index contributed by atoms with van der Waals surface area (Å²) < 4.78 is 28.0. The predicted molar refractivity (Wildman–Crippen MR) is 70.9 cm³/mol. The van der Waals surface area contributed by atoms with E-state index < -0.39 is 10.2 Å². The van der Waals surface area contributed by atoms with E-state index in [1.807, 2.05) is 24.3 Å². The molecule has 0 bridgehead atoms. The smallest absolute Gasteiger partial charge is 0.279 e. The third-order valence-electron chi connectivity index (χ3n) is 3.12. The van der Waals surface area contributed by atoms with Crippen LogP contribution < -0.4 is 10.5 Å². The third-order valence-corrected chi connectivity index (χ3v) is 4.68. The van der Waals surface area contributed by atoms with Crippen LogP contribution in [0.4, 0.5) is 0 Å². The van der Waals surface area contributed by atoms with Crippen molar-refractivity contribution in [3.05, 3.63) is 35.4 Å². The molecule has 100 valence electrons. The molecular weight excluding hydrogens is 250 g/mol. The Morgan fingerprint density at radius 2 is 1.67 bits per heavy atom. The second kappa shape index (κ2) is 5.79. The maximum Gasteiger partial charge on any atom is 0.279 e. The lowest BCUT2D eigenvalue weighted by molar-refractivity contribution is 0.464. The molecule has 1 fully saturated rings. The maximum absolute atomic E-state index is 11.9. The zero-order chi connectivity index (χ0) is 13.0. The highest BCUT2D eigenvalue weighted by molar-refractivity contribution is 7.87. The van der Waals surface area contributed by atoms with Crippen molar-refractivity contribution < 1.29 is 8.42 Å². The lowest BCUT2D eigenvalue weighted by atomic mass is 10.1. The van der Waals surface area contributed by atoms with Crippen LogP contribution in [0, 0.1) is 0 Å². The summed E-state index contributed by atoms with van der Waals surface area (Å²) in [7, 11) is -3.32. The van der Waals surface area contributed by atoms with Crippen molar-refractivity contribution in [2.45, 2.75) is 25.9 Å². The van der Waals surface area contributed by atoms with Gasteiger partial charge in [0.2, 0.25) is 0 Å². The van der Waals surface area contributed by atoms with Crippen LogP contribution in [-0.2, 0) is 23.3 Å². The van der Waals surface area contributed by atoms with E-state index in [9.17, 15) is 8.42 Å². The van der Waals surface area contributed by atoms with E-state index in [4.69, 9.17) is 5.73 Å². The van der Waals surface area contributed by atoms with Gasteiger partial charge in [-0.3, -0.25) is 0 Å². The van der Waals surface area contributed by atoms with Crippen molar-refractivity contribution in [3.8, 4) is 0 Å². The Balaban J connectivity index is 1.93. The summed E-state index contributed by atoms with van der Waals surface area (Å²) in [4.78, 5) is 0. The molecule has 0 aliphatic carbocycles. The first-order valence-electron chi connectivity index (χ1n) is 6.14. The van der Waals surface area contributed by atoms with E-state index in [-0.39, 0.29) is 0 Å². The van der Waals surface area contributed by atoms with E-state index in [1.165, 1.54) is 4.31 Å². The molecule has 18 heavy (non-hydrogen) atoms. The summed E-state index contributed by atoms with van der Waals surface area (Å²) in [6.07, 6.45) is 1.90. The Kier molecular flexibility index (Phi) is 4.34. The molecule has 5 nitrogen and oxygen atoms in total. The second-order valence-corrected chi connectivity index (χ2v) is 6.21. The number of hydrogen-bond donors (Lipinski definition) is 2. The minimum atomic E-state index is -3.32. The number of nitrogens with zero attached hydrogens (tertiary/aromatic N) is 1. The Morgan fingerprint density at radius 1 is 1.11 bits per heavy atom. The van der Waals surface area contributed by atoms with Gasteiger partial charge in [-0.2, -0.15) is 17.4 Å². The van der Waals surface area contributed by atoms with Crippen LogP contribution >= 0.6 is 0 Å². The first-order chi connectivity index (χ1) is 8.62. The molecule has 0 spiro atoms. The lowest BCUT2D eigenvalue weighted by Gasteiger charge is -2.16. The van der Waals surface area contributed by atoms with Crippen molar-refractivity contribution >= 4 is 10.2 Å². The van der Waals surface area contributed by atoms with Gasteiger partial charge in [0.05, 0.1) is 0 Å². The Hall–Kier alpha value is -0.950. The molecule has 1 aromatic carbocycles. The van der Waals surface area contributed by atoms with Gasteiger partial charge in [0.25, 0.3) is 10.2 Å². The van der Waals surface area contributed by atoms with Gasteiger partial charge in [0.15, 0.2) is 0 Å². The van der Waals surface area contributed by atoms with Gasteiger partial charge in [-0.25, -0.2) is 0 Å². The van der Waals surface area contributed by atoms with Crippen LogP contribution in [0.3, 0.4) is 0 Å². The molecule has 0 aromatic heterocycles. The molecule has 3 N–H and O–H groups in total. The van der Waals surface area contributed by atoms with E-state index >= 15 is 0 Å². The zero-order valence-electron chi connectivity index (χ0n) is 10.3. The summed E-state index contributed by atoms with van der Waals surface area (Å²) in [6, 6.07) is 7.63. The Labute approximate surface area is 108 Å². The van der Waals surface area contributed by atoms with Gasteiger partial charge in [-0.05, 0) is 24.0 Å². The largest absolute Gasteiger partial charge is 0.326 e. The van der Waals surface area contributed by atoms with Crippen molar-refractivity contribution in [1.82, 2.24) is 9.03 Å². The van der Waals surface area contributed by atoms with Gasteiger partial charge < -0.3 is 5.73 Å². The molecule has 1 aliphatic heterocycles. The number of hydrogen-bond acceptors (Lipinski definition) is 3. The van der Waals surface area contributed by atoms with Crippen LogP contribution in [0.15, 0.2) is 24.3 Å². The van der Waals surface area contributed by atoms with Gasteiger partial charge in [-0.1, -0.05) is 24.3 Å². The topological polar surface area (TPSA) is 75.4 Å². The Bertz CT molecular complexity index is 479. The number of nitrogens with one attached hydrogen (secondary N) is 1. The van der Waals surface area contributed by atoms with E-state index in [0.717, 1.165) is 24.0 Å². The monoisotopic (exact) mass is 269 g/mol. The first kappa shape index (κ1) is 13.5. The molecule has 0 radical (unpaired) electrons. The molecule has 1 heterocycles. The second-order valence-electron chi connectivity index (χ2n) is 4.45. The van der Waals surface area contributed by atoms with E-state index in [0.29, 0.717) is 26.2 Å². The highest BCUT2D eigenvalue weighted by atomic mass is 32.2. The highest BCUT2D eigenvalue weighted by Crippen LogP contribution is 2.12. The maximum atomic E-state index is 11.9. The van der Waals surface area contributed by atoms with Crippen LogP contribution in [-0.4, -0.2) is 25.8 Å². The molecule has 0 atom stereocenters. The number of benzene rings is 1. The molecule has 0 unspecified atom stereocenters. The molecule has 1 aromatic rings. The van der Waals surface area contributed by atoms with E-state index in [2.05, 4.69) is 4.72 Å². The van der Waals surface area contributed by atoms with Crippen LogP contribution in [0.5, 0.6) is 0 Å². The van der Waals surface area contributed by atoms with Crippen molar-refractivity contribution in [3.63, 3.8) is 0 Å². The van der Waals surface area contributed by atoms with Crippen LogP contribution in [0.1, 0.15) is 24.0 Å². The number of rotatable bonds is 5. The Morgan fingerprint density at radius 3 is 2.22 bits per heavy atom. The minimum absolute atomic E-state index is 0.323. The zero-order valence-corrected chi connectivity index (χ0v) is 11.1. The molecule has 0 saturated carbocycles. The summed E-state index contributed by atoms with van der Waals surface area (Å²) in [5, 5.41) is 0. The summed E-state index contributed by atoms with van der Waals surface area (Å²) >= 11 is 0. The van der Waals surface area contributed by atoms with Gasteiger partial charge in [0, 0.05) is 26.2 Å². The predicted octanol–water partition coefficient (Wildman–Crippen LogP) is 0.575. The molecule has 6 heteroatoms. The van der Waals surface area contributed by atoms with Crippen LogP contribution in [0.2, 0.25) is 0 Å². The van der Waals surface area contributed by atoms with Crippen LogP contribution in [0.25, 0.3) is 0 Å². The summed E-state index contributed by atoms with van der Waals surface area (Å²) in [5.41, 5.74) is 7.49. The highest BCUT2D eigenvalue weighted by Gasteiger charge is 2.24. The average Bonchev–Trinajstić information content (AvgIpc) is 2.92. The molecular formula is C12H19N3O2S. The summed E-state index contributed by atoms with van der Waals surface area (Å²) in [6.45, 7) is 2.08.